The van der Waals surface area contributed by atoms with Crippen LogP contribution in [0.2, 0.25) is 0 Å². The van der Waals surface area contributed by atoms with Crippen LogP contribution in [-0.4, -0.2) is 50.8 Å². The molecule has 2 heterocycles. The van der Waals surface area contributed by atoms with Gasteiger partial charge in [0.05, 0.1) is 19.8 Å². The van der Waals surface area contributed by atoms with Crippen LogP contribution in [0.5, 0.6) is 5.75 Å². The van der Waals surface area contributed by atoms with Crippen molar-refractivity contribution in [3.05, 3.63) is 64.7 Å². The van der Waals surface area contributed by atoms with E-state index in [2.05, 4.69) is 64.6 Å². The van der Waals surface area contributed by atoms with E-state index in [1.807, 2.05) is 7.05 Å². The molecule has 2 aliphatic rings. The van der Waals surface area contributed by atoms with Crippen LogP contribution in [0.1, 0.15) is 28.4 Å². The number of fused-ring (bicyclic) bond motifs is 1. The maximum absolute atomic E-state index is 6.05. The third kappa shape index (κ3) is 5.22. The maximum atomic E-state index is 6.05. The van der Waals surface area contributed by atoms with E-state index in [-0.39, 0.29) is 30.1 Å². The van der Waals surface area contributed by atoms with Crippen molar-refractivity contribution in [2.45, 2.75) is 25.9 Å². The van der Waals surface area contributed by atoms with Crippen LogP contribution in [-0.2, 0) is 17.6 Å². The Labute approximate surface area is 190 Å². The lowest BCUT2D eigenvalue weighted by Gasteiger charge is -2.35. The van der Waals surface area contributed by atoms with Crippen molar-refractivity contribution in [2.24, 2.45) is 4.99 Å². The van der Waals surface area contributed by atoms with Gasteiger partial charge in [-0.05, 0) is 41.7 Å². The molecule has 0 aliphatic carbocycles. The number of aliphatic imine (C=N–C) groups is 1. The Kier molecular flexibility index (Phi) is 7.77. The lowest BCUT2D eigenvalue weighted by Crippen LogP contribution is -2.48. The zero-order valence-corrected chi connectivity index (χ0v) is 19.5. The fourth-order valence-electron chi connectivity index (χ4n) is 4.02. The molecule has 1 atom stereocenters. The molecule has 156 valence electrons. The summed E-state index contributed by atoms with van der Waals surface area (Å²) in [6.07, 6.45) is 2.08. The highest BCUT2D eigenvalue weighted by Gasteiger charge is 2.25. The van der Waals surface area contributed by atoms with Gasteiger partial charge in [0.15, 0.2) is 5.96 Å². The first kappa shape index (κ1) is 21.9. The minimum atomic E-state index is 0. The van der Waals surface area contributed by atoms with Gasteiger partial charge in [-0.3, -0.25) is 4.99 Å². The second-order valence-electron chi connectivity index (χ2n) is 7.43. The molecule has 0 bridgehead atoms. The molecule has 0 aromatic heterocycles. The Hall–Kier alpha value is -1.80. The fourth-order valence-corrected chi connectivity index (χ4v) is 4.02. The zero-order chi connectivity index (χ0) is 19.3. The van der Waals surface area contributed by atoms with Gasteiger partial charge < -0.3 is 19.7 Å². The minimum absolute atomic E-state index is 0. The molecule has 4 rings (SSSR count). The van der Waals surface area contributed by atoms with Gasteiger partial charge in [-0.25, -0.2) is 0 Å². The second kappa shape index (κ2) is 10.3. The number of hydrogen-bond donors (Lipinski definition) is 1. The predicted octanol–water partition coefficient (Wildman–Crippen LogP) is 3.74. The number of halogens is 1. The summed E-state index contributed by atoms with van der Waals surface area (Å²) >= 11 is 0. The van der Waals surface area contributed by atoms with Crippen molar-refractivity contribution >= 4 is 29.9 Å². The molecule has 1 fully saturated rings. The first-order valence-electron chi connectivity index (χ1n) is 10.1. The molecule has 5 nitrogen and oxygen atoms in total. The minimum Gasteiger partial charge on any atom is -0.493 e. The van der Waals surface area contributed by atoms with E-state index in [4.69, 9.17) is 9.47 Å². The number of ether oxygens (including phenoxy) is 2. The molecular weight excluding hydrogens is 477 g/mol. The molecule has 2 aromatic carbocycles. The van der Waals surface area contributed by atoms with E-state index in [0.29, 0.717) is 6.61 Å². The molecule has 1 unspecified atom stereocenters. The van der Waals surface area contributed by atoms with Gasteiger partial charge in [0.1, 0.15) is 11.9 Å². The van der Waals surface area contributed by atoms with Crippen LogP contribution in [0.3, 0.4) is 0 Å². The van der Waals surface area contributed by atoms with Gasteiger partial charge in [-0.1, -0.05) is 36.4 Å². The normalized spacial score (nSPS) is 18.6. The van der Waals surface area contributed by atoms with Crippen molar-refractivity contribution in [3.63, 3.8) is 0 Å². The average molecular weight is 507 g/mol. The summed E-state index contributed by atoms with van der Waals surface area (Å²) in [6, 6.07) is 15.0. The van der Waals surface area contributed by atoms with E-state index in [0.717, 1.165) is 50.8 Å². The topological polar surface area (TPSA) is 46.1 Å². The van der Waals surface area contributed by atoms with Gasteiger partial charge in [-0.2, -0.15) is 0 Å². The summed E-state index contributed by atoms with van der Waals surface area (Å²) in [7, 11) is 1.85. The number of guanidine groups is 1. The lowest BCUT2D eigenvalue weighted by molar-refractivity contribution is -0.00829. The second-order valence-corrected chi connectivity index (χ2v) is 7.43. The highest BCUT2D eigenvalue weighted by atomic mass is 127. The van der Waals surface area contributed by atoms with E-state index in [1.165, 1.54) is 22.3 Å². The summed E-state index contributed by atoms with van der Waals surface area (Å²) < 4.78 is 11.6. The average Bonchev–Trinajstić information content (AvgIpc) is 3.19. The molecule has 0 spiro atoms. The van der Waals surface area contributed by atoms with Crippen LogP contribution in [0.15, 0.2) is 47.5 Å². The van der Waals surface area contributed by atoms with E-state index >= 15 is 0 Å². The number of rotatable bonds is 4. The van der Waals surface area contributed by atoms with E-state index in [9.17, 15) is 0 Å². The van der Waals surface area contributed by atoms with Crippen molar-refractivity contribution in [3.8, 4) is 5.75 Å². The highest BCUT2D eigenvalue weighted by Crippen LogP contribution is 2.26. The van der Waals surface area contributed by atoms with Gasteiger partial charge in [0.25, 0.3) is 0 Å². The summed E-state index contributed by atoms with van der Waals surface area (Å²) in [5, 5.41) is 3.53. The molecule has 2 aliphatic heterocycles. The third-order valence-corrected chi connectivity index (χ3v) is 5.56. The Balaban J connectivity index is 0.00000240. The smallest absolute Gasteiger partial charge is 0.193 e. The van der Waals surface area contributed by atoms with Crippen LogP contribution in [0, 0.1) is 6.92 Å². The van der Waals surface area contributed by atoms with Crippen molar-refractivity contribution < 1.29 is 9.47 Å². The van der Waals surface area contributed by atoms with Crippen LogP contribution < -0.4 is 10.1 Å². The molecular formula is C23H30IN3O2. The molecule has 1 saturated heterocycles. The van der Waals surface area contributed by atoms with Gasteiger partial charge in [-0.15, -0.1) is 24.0 Å². The number of benzene rings is 2. The van der Waals surface area contributed by atoms with E-state index in [1.54, 1.807) is 0 Å². The van der Waals surface area contributed by atoms with Crippen molar-refractivity contribution in [1.29, 1.82) is 0 Å². The highest BCUT2D eigenvalue weighted by molar-refractivity contribution is 14.0. The van der Waals surface area contributed by atoms with E-state index < -0.39 is 0 Å². The maximum Gasteiger partial charge on any atom is 0.193 e. The summed E-state index contributed by atoms with van der Waals surface area (Å²) in [6.45, 7) is 6.21. The Morgan fingerprint density at radius 2 is 2.07 bits per heavy atom. The molecule has 2 aromatic rings. The zero-order valence-electron chi connectivity index (χ0n) is 17.2. The summed E-state index contributed by atoms with van der Waals surface area (Å²) in [5.41, 5.74) is 5.21. The first-order valence-corrected chi connectivity index (χ1v) is 10.1. The third-order valence-electron chi connectivity index (χ3n) is 5.56. The predicted molar refractivity (Wildman–Crippen MR) is 128 cm³/mol. The first-order chi connectivity index (χ1) is 13.7. The molecule has 29 heavy (non-hydrogen) atoms. The van der Waals surface area contributed by atoms with Gasteiger partial charge in [0.2, 0.25) is 0 Å². The molecule has 1 N–H and O–H groups in total. The number of nitrogens with zero attached hydrogens (tertiary/aromatic N) is 2. The summed E-state index contributed by atoms with van der Waals surface area (Å²) in [4.78, 5) is 6.81. The monoisotopic (exact) mass is 507 g/mol. The van der Waals surface area contributed by atoms with Gasteiger partial charge in [0, 0.05) is 26.6 Å². The number of hydrogen-bond acceptors (Lipinski definition) is 3. The largest absolute Gasteiger partial charge is 0.493 e. The van der Waals surface area contributed by atoms with Crippen molar-refractivity contribution in [2.75, 3.05) is 39.9 Å². The SMILES string of the molecule is CN=C(NCCc1ccc2c(c1)CCO2)N1CCOC(c2ccccc2C)C1.I. The van der Waals surface area contributed by atoms with Crippen molar-refractivity contribution in [1.82, 2.24) is 10.2 Å². The van der Waals surface area contributed by atoms with Crippen LogP contribution in [0.4, 0.5) is 0 Å². The number of aryl methyl sites for hydroxylation is 1. The Bertz CT molecular complexity index is 856. The molecule has 0 amide bonds. The number of morpholine rings is 1. The molecule has 0 saturated carbocycles. The summed E-state index contributed by atoms with van der Waals surface area (Å²) in [5.74, 6) is 1.99. The Morgan fingerprint density at radius 1 is 1.21 bits per heavy atom. The van der Waals surface area contributed by atoms with Gasteiger partial charge >= 0.3 is 0 Å². The lowest BCUT2D eigenvalue weighted by atomic mass is 10.0. The fraction of sp³-hybridized carbons (Fsp3) is 0.435. The van der Waals surface area contributed by atoms with Crippen LogP contribution >= 0.6 is 24.0 Å². The molecule has 6 heteroatoms. The Morgan fingerprint density at radius 3 is 2.90 bits per heavy atom. The number of nitrogens with one attached hydrogen (secondary N) is 1. The standard InChI is InChI=1S/C23H29N3O2.HI/c1-17-5-3-4-6-20(17)22-16-26(12-14-28-22)23(24-2)25-11-9-18-7-8-21-19(15-18)10-13-27-21;/h3-8,15,22H,9-14,16H2,1-2H3,(H,24,25);1H. The van der Waals surface area contributed by atoms with Crippen LogP contribution in [0.25, 0.3) is 0 Å². The molecule has 0 radical (unpaired) electrons. The quantitative estimate of drug-likeness (QED) is 0.389.